The summed E-state index contributed by atoms with van der Waals surface area (Å²) in [5, 5.41) is 9.67. The van der Waals surface area contributed by atoms with E-state index in [-0.39, 0.29) is 18.0 Å². The summed E-state index contributed by atoms with van der Waals surface area (Å²) in [6, 6.07) is 1.64. The topological polar surface area (TPSA) is 99.6 Å². The van der Waals surface area contributed by atoms with Crippen molar-refractivity contribution in [1.82, 2.24) is 30.2 Å². The number of carbonyl (C=O) groups excluding carboxylic acids is 3. The molecule has 0 aromatic carbocycles. The van der Waals surface area contributed by atoms with Crippen LogP contribution in [0.3, 0.4) is 0 Å². The smallest absolute Gasteiger partial charge is 0.317 e. The number of hydrogen-bond acceptors (Lipinski definition) is 4. The van der Waals surface area contributed by atoms with Gasteiger partial charge in [0.25, 0.3) is 0 Å². The van der Waals surface area contributed by atoms with Crippen molar-refractivity contribution in [3.63, 3.8) is 0 Å². The summed E-state index contributed by atoms with van der Waals surface area (Å²) in [7, 11) is 0. The standard InChI is InChI=1S/C17H28N6O3/c1-13(2)20-15(24)16(25)21-7-9-22(10-8-21)17(26)18-11-14(3)12-23-6-4-5-19-23/h4-6,13-14H,7-12H2,1-3H3,(H,18,26)(H,20,24). The third-order valence-corrected chi connectivity index (χ3v) is 4.13. The molecular formula is C17H28N6O3. The Morgan fingerprint density at radius 1 is 1.08 bits per heavy atom. The summed E-state index contributed by atoms with van der Waals surface area (Å²) in [5.74, 6) is -0.876. The van der Waals surface area contributed by atoms with Crippen LogP contribution in [0.1, 0.15) is 20.8 Å². The second-order valence-electron chi connectivity index (χ2n) is 6.93. The number of nitrogens with zero attached hydrogens (tertiary/aromatic N) is 4. The first-order chi connectivity index (χ1) is 12.4. The second kappa shape index (κ2) is 9.21. The molecule has 2 N–H and O–H groups in total. The van der Waals surface area contributed by atoms with Gasteiger partial charge >= 0.3 is 17.8 Å². The van der Waals surface area contributed by atoms with Crippen LogP contribution in [-0.2, 0) is 16.1 Å². The minimum absolute atomic E-state index is 0.0813. The van der Waals surface area contributed by atoms with Gasteiger partial charge in [0, 0.05) is 57.7 Å². The number of urea groups is 1. The quantitative estimate of drug-likeness (QED) is 0.713. The highest BCUT2D eigenvalue weighted by Crippen LogP contribution is 2.04. The van der Waals surface area contributed by atoms with Crippen LogP contribution in [0.2, 0.25) is 0 Å². The minimum Gasteiger partial charge on any atom is -0.346 e. The lowest BCUT2D eigenvalue weighted by Gasteiger charge is -2.34. The average Bonchev–Trinajstić information content (AvgIpc) is 3.11. The van der Waals surface area contributed by atoms with Crippen LogP contribution >= 0.6 is 0 Å². The molecule has 1 unspecified atom stereocenters. The van der Waals surface area contributed by atoms with Gasteiger partial charge in [-0.3, -0.25) is 14.3 Å². The van der Waals surface area contributed by atoms with Gasteiger partial charge < -0.3 is 20.4 Å². The highest BCUT2D eigenvalue weighted by atomic mass is 16.2. The Labute approximate surface area is 153 Å². The third kappa shape index (κ3) is 5.75. The van der Waals surface area contributed by atoms with Gasteiger partial charge in [0.15, 0.2) is 0 Å². The highest BCUT2D eigenvalue weighted by molar-refractivity contribution is 6.35. The molecule has 0 aliphatic carbocycles. The number of rotatable bonds is 5. The minimum atomic E-state index is -0.592. The average molecular weight is 364 g/mol. The van der Waals surface area contributed by atoms with Gasteiger partial charge in [0.2, 0.25) is 0 Å². The predicted molar refractivity (Wildman–Crippen MR) is 96.2 cm³/mol. The van der Waals surface area contributed by atoms with Crippen LogP contribution in [-0.4, -0.2) is 76.2 Å². The maximum absolute atomic E-state index is 12.3. The van der Waals surface area contributed by atoms with Crippen molar-refractivity contribution in [1.29, 1.82) is 0 Å². The van der Waals surface area contributed by atoms with Crippen LogP contribution in [0.4, 0.5) is 4.79 Å². The lowest BCUT2D eigenvalue weighted by molar-refractivity contribution is -0.147. The third-order valence-electron chi connectivity index (χ3n) is 4.13. The molecule has 0 saturated carbocycles. The van der Waals surface area contributed by atoms with Crippen molar-refractivity contribution in [2.45, 2.75) is 33.4 Å². The fraction of sp³-hybridized carbons (Fsp3) is 0.647. The molecule has 144 valence electrons. The SMILES string of the molecule is CC(CNC(=O)N1CCN(C(=O)C(=O)NC(C)C)CC1)Cn1cccn1. The first-order valence-electron chi connectivity index (χ1n) is 8.96. The molecule has 26 heavy (non-hydrogen) atoms. The molecule has 1 fully saturated rings. The highest BCUT2D eigenvalue weighted by Gasteiger charge is 2.28. The lowest BCUT2D eigenvalue weighted by atomic mass is 10.2. The Morgan fingerprint density at radius 3 is 2.31 bits per heavy atom. The Balaban J connectivity index is 1.70. The van der Waals surface area contributed by atoms with Crippen molar-refractivity contribution >= 4 is 17.8 Å². The number of aromatic nitrogens is 2. The van der Waals surface area contributed by atoms with E-state index in [1.54, 1.807) is 24.9 Å². The van der Waals surface area contributed by atoms with E-state index >= 15 is 0 Å². The van der Waals surface area contributed by atoms with E-state index in [1.807, 2.05) is 23.9 Å². The summed E-state index contributed by atoms with van der Waals surface area (Å²) in [6.07, 6.45) is 3.62. The molecule has 1 aromatic rings. The monoisotopic (exact) mass is 364 g/mol. The fourth-order valence-corrected chi connectivity index (χ4v) is 2.75. The van der Waals surface area contributed by atoms with E-state index in [1.165, 1.54) is 4.90 Å². The van der Waals surface area contributed by atoms with E-state index in [0.717, 1.165) is 6.54 Å². The molecule has 4 amide bonds. The van der Waals surface area contributed by atoms with E-state index in [0.29, 0.717) is 32.7 Å². The van der Waals surface area contributed by atoms with E-state index in [2.05, 4.69) is 15.7 Å². The first-order valence-corrected chi connectivity index (χ1v) is 8.96. The predicted octanol–water partition coefficient (Wildman–Crippen LogP) is -0.102. The molecular weight excluding hydrogens is 336 g/mol. The van der Waals surface area contributed by atoms with Crippen LogP contribution in [0, 0.1) is 5.92 Å². The van der Waals surface area contributed by atoms with E-state index in [9.17, 15) is 14.4 Å². The number of amides is 4. The maximum Gasteiger partial charge on any atom is 0.317 e. The van der Waals surface area contributed by atoms with Crippen LogP contribution in [0.5, 0.6) is 0 Å². The van der Waals surface area contributed by atoms with E-state index < -0.39 is 11.8 Å². The van der Waals surface area contributed by atoms with Crippen molar-refractivity contribution in [3.8, 4) is 0 Å². The van der Waals surface area contributed by atoms with Crippen molar-refractivity contribution in [2.75, 3.05) is 32.7 Å². The normalized spacial score (nSPS) is 15.7. The number of nitrogens with one attached hydrogen (secondary N) is 2. The number of piperazine rings is 1. The van der Waals surface area contributed by atoms with Crippen molar-refractivity contribution in [3.05, 3.63) is 18.5 Å². The maximum atomic E-state index is 12.3. The zero-order chi connectivity index (χ0) is 19.1. The van der Waals surface area contributed by atoms with Crippen LogP contribution < -0.4 is 10.6 Å². The zero-order valence-electron chi connectivity index (χ0n) is 15.6. The van der Waals surface area contributed by atoms with Gasteiger partial charge in [-0.15, -0.1) is 0 Å². The Hall–Kier alpha value is -2.58. The molecule has 0 spiro atoms. The fourth-order valence-electron chi connectivity index (χ4n) is 2.75. The van der Waals surface area contributed by atoms with Gasteiger partial charge in [0.1, 0.15) is 0 Å². The summed E-state index contributed by atoms with van der Waals surface area (Å²) < 4.78 is 1.84. The van der Waals surface area contributed by atoms with Gasteiger partial charge in [-0.25, -0.2) is 4.79 Å². The molecule has 1 aliphatic rings. The molecule has 2 rings (SSSR count). The number of carbonyl (C=O) groups is 3. The molecule has 1 aromatic heterocycles. The van der Waals surface area contributed by atoms with Crippen molar-refractivity contribution in [2.24, 2.45) is 5.92 Å². The lowest BCUT2D eigenvalue weighted by Crippen LogP contribution is -2.56. The van der Waals surface area contributed by atoms with Crippen LogP contribution in [0.15, 0.2) is 18.5 Å². The van der Waals surface area contributed by atoms with Gasteiger partial charge in [-0.05, 0) is 25.8 Å². The summed E-state index contributed by atoms with van der Waals surface area (Å²) in [6.45, 7) is 8.50. The van der Waals surface area contributed by atoms with Gasteiger partial charge in [0.05, 0.1) is 0 Å². The largest absolute Gasteiger partial charge is 0.346 e. The molecule has 1 aliphatic heterocycles. The van der Waals surface area contributed by atoms with E-state index in [4.69, 9.17) is 0 Å². The second-order valence-corrected chi connectivity index (χ2v) is 6.93. The molecule has 9 nitrogen and oxygen atoms in total. The molecule has 1 atom stereocenters. The van der Waals surface area contributed by atoms with Gasteiger partial charge in [-0.1, -0.05) is 6.92 Å². The molecule has 9 heteroatoms. The summed E-state index contributed by atoms with van der Waals surface area (Å²) in [5.41, 5.74) is 0. The Morgan fingerprint density at radius 2 is 1.73 bits per heavy atom. The Bertz CT molecular complexity index is 608. The van der Waals surface area contributed by atoms with Crippen molar-refractivity contribution < 1.29 is 14.4 Å². The molecule has 1 saturated heterocycles. The van der Waals surface area contributed by atoms with Gasteiger partial charge in [-0.2, -0.15) is 5.10 Å². The number of hydrogen-bond donors (Lipinski definition) is 2. The Kier molecular flexibility index (Phi) is 6.99. The zero-order valence-corrected chi connectivity index (χ0v) is 15.6. The van der Waals surface area contributed by atoms with Crippen LogP contribution in [0.25, 0.3) is 0 Å². The summed E-state index contributed by atoms with van der Waals surface area (Å²) >= 11 is 0. The summed E-state index contributed by atoms with van der Waals surface area (Å²) in [4.78, 5) is 39.3. The molecule has 0 radical (unpaired) electrons. The first kappa shape index (κ1) is 19.7. The molecule has 0 bridgehead atoms. The molecule has 2 heterocycles.